The maximum absolute atomic E-state index is 15.2. The molecule has 40 heavy (non-hydrogen) atoms. The number of esters is 2. The van der Waals surface area contributed by atoms with Gasteiger partial charge in [-0.2, -0.15) is 4.39 Å². The molecule has 0 aliphatic carbocycles. The lowest BCUT2D eigenvalue weighted by Crippen LogP contribution is -2.17. The van der Waals surface area contributed by atoms with E-state index in [0.29, 0.717) is 24.0 Å². The van der Waals surface area contributed by atoms with Crippen molar-refractivity contribution in [3.05, 3.63) is 84.2 Å². The van der Waals surface area contributed by atoms with Gasteiger partial charge in [0.2, 0.25) is 5.82 Å². The molecule has 1 aromatic heterocycles. The number of ether oxygens (including phenoxy) is 3. The minimum Gasteiger partial charge on any atom is -0.462 e. The number of benzene rings is 3. The summed E-state index contributed by atoms with van der Waals surface area (Å²) in [7, 11) is 0. The number of carbonyl (C=O) groups excluding carboxylic acids is 2. The predicted molar refractivity (Wildman–Crippen MR) is 140 cm³/mol. The second kappa shape index (κ2) is 11.3. The van der Waals surface area contributed by atoms with Crippen LogP contribution < -0.4 is 9.47 Å². The molecule has 0 aliphatic heterocycles. The fourth-order valence-electron chi connectivity index (χ4n) is 3.95. The van der Waals surface area contributed by atoms with Crippen LogP contribution in [-0.4, -0.2) is 24.9 Å². The van der Waals surface area contributed by atoms with Crippen LogP contribution in [0.4, 0.5) is 17.6 Å². The highest BCUT2D eigenvalue weighted by atomic mass is 19.4. The molecule has 4 aromatic rings. The van der Waals surface area contributed by atoms with Crippen LogP contribution in [0.5, 0.6) is 11.5 Å². The van der Waals surface area contributed by atoms with Gasteiger partial charge >= 0.3 is 18.3 Å². The van der Waals surface area contributed by atoms with Gasteiger partial charge in [-0.25, -0.2) is 9.59 Å². The van der Waals surface area contributed by atoms with Crippen molar-refractivity contribution in [3.8, 4) is 22.6 Å². The molecule has 0 atom stereocenters. The molecule has 6 nitrogen and oxygen atoms in total. The lowest BCUT2D eigenvalue weighted by Gasteiger charge is -2.14. The van der Waals surface area contributed by atoms with E-state index in [1.807, 2.05) is 0 Å². The molecule has 10 heteroatoms. The first kappa shape index (κ1) is 28.4. The van der Waals surface area contributed by atoms with Gasteiger partial charge in [-0.05, 0) is 62.1 Å². The van der Waals surface area contributed by atoms with Gasteiger partial charge in [0.15, 0.2) is 22.7 Å². The summed E-state index contributed by atoms with van der Waals surface area (Å²) < 4.78 is 75.6. The van der Waals surface area contributed by atoms with Crippen LogP contribution in [0.15, 0.2) is 77.3 Å². The summed E-state index contributed by atoms with van der Waals surface area (Å²) in [6.45, 7) is 10.1. The van der Waals surface area contributed by atoms with E-state index in [2.05, 4.69) is 17.9 Å². The van der Waals surface area contributed by atoms with Gasteiger partial charge in [0.1, 0.15) is 0 Å². The summed E-state index contributed by atoms with van der Waals surface area (Å²) in [4.78, 5) is 23.3. The molecule has 0 N–H and O–H groups in total. The first-order valence-corrected chi connectivity index (χ1v) is 12.1. The molecular formula is C30H24F4O6. The average Bonchev–Trinajstić information content (AvgIpc) is 3.28. The Kier molecular flexibility index (Phi) is 7.99. The van der Waals surface area contributed by atoms with Crippen molar-refractivity contribution in [2.75, 3.05) is 6.61 Å². The van der Waals surface area contributed by atoms with Gasteiger partial charge < -0.3 is 18.6 Å². The van der Waals surface area contributed by atoms with E-state index in [-0.39, 0.29) is 34.1 Å². The van der Waals surface area contributed by atoms with Gasteiger partial charge in [-0.3, -0.25) is 0 Å². The zero-order valence-corrected chi connectivity index (χ0v) is 21.6. The monoisotopic (exact) mass is 556 g/mol. The first-order valence-electron chi connectivity index (χ1n) is 12.1. The number of hydrogen-bond acceptors (Lipinski definition) is 6. The Morgan fingerprint density at radius 2 is 1.50 bits per heavy atom. The summed E-state index contributed by atoms with van der Waals surface area (Å²) in [5.74, 6) is -3.49. The minimum absolute atomic E-state index is 0.0341. The zero-order valence-electron chi connectivity index (χ0n) is 21.6. The second-order valence-electron chi connectivity index (χ2n) is 9.11. The molecule has 0 unspecified atom stereocenters. The summed E-state index contributed by atoms with van der Waals surface area (Å²) in [6.07, 6.45) is -3.96. The van der Waals surface area contributed by atoms with E-state index in [1.54, 1.807) is 31.2 Å². The van der Waals surface area contributed by atoms with Crippen LogP contribution in [0.2, 0.25) is 0 Å². The van der Waals surface area contributed by atoms with Crippen molar-refractivity contribution in [3.63, 3.8) is 0 Å². The molecule has 0 spiro atoms. The number of halogens is 4. The number of aryl methyl sites for hydroxylation is 1. The summed E-state index contributed by atoms with van der Waals surface area (Å²) in [6, 6.07) is 12.2. The summed E-state index contributed by atoms with van der Waals surface area (Å²) >= 11 is 0. The number of carbonyl (C=O) groups is 2. The third-order valence-corrected chi connectivity index (χ3v) is 5.89. The van der Waals surface area contributed by atoms with Crippen LogP contribution in [-0.2, 0) is 20.7 Å². The predicted octanol–water partition coefficient (Wildman–Crippen LogP) is 7.82. The summed E-state index contributed by atoms with van der Waals surface area (Å²) in [5, 5.41) is 0.347. The Morgan fingerprint density at radius 3 is 2.12 bits per heavy atom. The Hall–Kier alpha value is -4.60. The van der Waals surface area contributed by atoms with Crippen LogP contribution >= 0.6 is 0 Å². The van der Waals surface area contributed by atoms with Crippen molar-refractivity contribution in [1.82, 2.24) is 0 Å². The normalized spacial score (nSPS) is 11.4. The Balaban J connectivity index is 1.69. The number of furan rings is 1. The van der Waals surface area contributed by atoms with Crippen LogP contribution in [0.3, 0.4) is 0 Å². The minimum atomic E-state index is -5.07. The molecule has 0 aliphatic rings. The molecule has 0 radical (unpaired) electrons. The van der Waals surface area contributed by atoms with Crippen LogP contribution in [0.25, 0.3) is 33.1 Å². The van der Waals surface area contributed by atoms with Crippen molar-refractivity contribution in [1.29, 1.82) is 0 Å². The zero-order chi connectivity index (χ0) is 29.2. The molecule has 0 amide bonds. The van der Waals surface area contributed by atoms with E-state index in [0.717, 1.165) is 5.56 Å². The SMILES string of the molecule is C=C(C)C(=O)OCCCc1ccc(-c2ccc3c(oc4c(F)c(OC(=O)C(=C)C)ccc43)c2OC(F)(F)F)cc1. The molecule has 4 rings (SSSR count). The van der Waals surface area contributed by atoms with Crippen LogP contribution in [0, 0.1) is 5.82 Å². The van der Waals surface area contributed by atoms with Crippen molar-refractivity contribution in [2.45, 2.75) is 33.1 Å². The quantitative estimate of drug-likeness (QED) is 0.0688. The first-order chi connectivity index (χ1) is 18.9. The largest absolute Gasteiger partial charge is 0.573 e. The Bertz CT molecular complexity index is 1630. The van der Waals surface area contributed by atoms with E-state index in [4.69, 9.17) is 13.9 Å². The fraction of sp³-hybridized carbons (Fsp3) is 0.200. The third-order valence-electron chi connectivity index (χ3n) is 5.89. The Morgan fingerprint density at radius 1 is 0.875 bits per heavy atom. The van der Waals surface area contributed by atoms with E-state index < -0.39 is 41.2 Å². The summed E-state index contributed by atoms with van der Waals surface area (Å²) in [5.41, 5.74) is 0.959. The average molecular weight is 557 g/mol. The maximum Gasteiger partial charge on any atom is 0.573 e. The molecule has 0 saturated heterocycles. The topological polar surface area (TPSA) is 75.0 Å². The van der Waals surface area contributed by atoms with Crippen molar-refractivity contribution in [2.24, 2.45) is 0 Å². The number of hydrogen-bond donors (Lipinski definition) is 0. The van der Waals surface area contributed by atoms with Crippen molar-refractivity contribution < 1.29 is 45.8 Å². The third kappa shape index (κ3) is 6.17. The van der Waals surface area contributed by atoms with Gasteiger partial charge in [0, 0.05) is 27.5 Å². The van der Waals surface area contributed by atoms with Gasteiger partial charge in [-0.15, -0.1) is 13.2 Å². The maximum atomic E-state index is 15.2. The van der Waals surface area contributed by atoms with Crippen molar-refractivity contribution >= 4 is 33.9 Å². The molecule has 3 aromatic carbocycles. The highest BCUT2D eigenvalue weighted by Crippen LogP contribution is 2.44. The van der Waals surface area contributed by atoms with E-state index in [1.165, 1.54) is 31.2 Å². The second-order valence-corrected chi connectivity index (χ2v) is 9.11. The number of alkyl halides is 3. The number of rotatable bonds is 9. The molecular weight excluding hydrogens is 532 g/mol. The van der Waals surface area contributed by atoms with Crippen LogP contribution in [0.1, 0.15) is 25.8 Å². The van der Waals surface area contributed by atoms with Gasteiger partial charge in [-0.1, -0.05) is 37.4 Å². The van der Waals surface area contributed by atoms with Gasteiger partial charge in [0.25, 0.3) is 0 Å². The molecule has 1 heterocycles. The fourth-order valence-corrected chi connectivity index (χ4v) is 3.95. The molecule has 0 fully saturated rings. The standard InChI is InChI=1S/C30H24F4O6/c1-16(2)28(35)37-15-5-6-18-7-9-19(10-8-18)20-11-12-22-21-13-14-23(38-29(36)17(3)4)24(31)25(21)39-26(22)27(20)40-30(32,33)34/h7-14H,1,3,5-6,15H2,2,4H3. The lowest BCUT2D eigenvalue weighted by atomic mass is 9.99. The highest BCUT2D eigenvalue weighted by Gasteiger charge is 2.34. The van der Waals surface area contributed by atoms with E-state index in [9.17, 15) is 22.8 Å². The lowest BCUT2D eigenvalue weighted by molar-refractivity contribution is -0.274. The highest BCUT2D eigenvalue weighted by molar-refractivity contribution is 6.09. The molecule has 208 valence electrons. The molecule has 0 saturated carbocycles. The number of fused-ring (bicyclic) bond motifs is 3. The molecule has 0 bridgehead atoms. The Labute approximate surface area is 226 Å². The van der Waals surface area contributed by atoms with E-state index >= 15 is 4.39 Å². The smallest absolute Gasteiger partial charge is 0.462 e. The van der Waals surface area contributed by atoms with Gasteiger partial charge in [0.05, 0.1) is 6.61 Å².